The van der Waals surface area contributed by atoms with Crippen LogP contribution in [-0.4, -0.2) is 47.3 Å². The zero-order valence-electron chi connectivity index (χ0n) is 12.1. The smallest absolute Gasteiger partial charge is 0.237 e. The number of rotatable bonds is 6. The van der Waals surface area contributed by atoms with Crippen molar-refractivity contribution in [1.82, 2.24) is 9.80 Å². The SMILES string of the molecule is CCN(Cc1ccccc1)C[C@@H]1CCCN1C(=O)CCl. The van der Waals surface area contributed by atoms with E-state index in [0.29, 0.717) is 6.04 Å². The van der Waals surface area contributed by atoms with Crippen molar-refractivity contribution in [3.63, 3.8) is 0 Å². The number of hydrogen-bond donors (Lipinski definition) is 0. The van der Waals surface area contributed by atoms with Crippen LogP contribution in [0.25, 0.3) is 0 Å². The minimum atomic E-state index is 0.0740. The van der Waals surface area contributed by atoms with Crippen molar-refractivity contribution in [3.05, 3.63) is 35.9 Å². The second-order valence-electron chi connectivity index (χ2n) is 5.33. The molecule has 1 aliphatic rings. The molecular weight excluding hydrogens is 272 g/mol. The molecule has 0 spiro atoms. The van der Waals surface area contributed by atoms with E-state index in [4.69, 9.17) is 11.6 Å². The Morgan fingerprint density at radius 3 is 2.80 bits per heavy atom. The fourth-order valence-corrected chi connectivity index (χ4v) is 3.03. The standard InChI is InChI=1S/C16H23ClN2O/c1-2-18(12-14-7-4-3-5-8-14)13-15-9-6-10-19(15)16(20)11-17/h3-5,7-8,15H,2,6,9-13H2,1H3/t15-/m0/s1. The Balaban J connectivity index is 1.94. The minimum Gasteiger partial charge on any atom is -0.337 e. The number of likely N-dealkylation sites (N-methyl/N-ethyl adjacent to an activating group) is 1. The molecule has 110 valence electrons. The predicted octanol–water partition coefficient (Wildman–Crippen LogP) is 2.74. The van der Waals surface area contributed by atoms with Crippen LogP contribution in [0.1, 0.15) is 25.3 Å². The molecule has 1 fully saturated rings. The van der Waals surface area contributed by atoms with Crippen molar-refractivity contribution in [2.75, 3.05) is 25.5 Å². The Bertz CT molecular complexity index is 424. The van der Waals surface area contributed by atoms with E-state index in [1.54, 1.807) is 0 Å². The van der Waals surface area contributed by atoms with E-state index in [1.165, 1.54) is 5.56 Å². The number of amides is 1. The quantitative estimate of drug-likeness (QED) is 0.753. The summed E-state index contributed by atoms with van der Waals surface area (Å²) in [5, 5.41) is 0. The summed E-state index contributed by atoms with van der Waals surface area (Å²) in [6, 6.07) is 10.8. The van der Waals surface area contributed by atoms with Gasteiger partial charge in [0.25, 0.3) is 0 Å². The number of carbonyl (C=O) groups is 1. The molecule has 1 aromatic carbocycles. The summed E-state index contributed by atoms with van der Waals surface area (Å²) in [7, 11) is 0. The number of nitrogens with zero attached hydrogens (tertiary/aromatic N) is 2. The first-order valence-electron chi connectivity index (χ1n) is 7.36. The van der Waals surface area contributed by atoms with Crippen molar-refractivity contribution in [1.29, 1.82) is 0 Å². The molecule has 4 heteroatoms. The predicted molar refractivity (Wildman–Crippen MR) is 82.8 cm³/mol. The number of halogens is 1. The van der Waals surface area contributed by atoms with E-state index in [-0.39, 0.29) is 11.8 Å². The van der Waals surface area contributed by atoms with Crippen LogP contribution in [0, 0.1) is 0 Å². The molecule has 2 rings (SSSR count). The largest absolute Gasteiger partial charge is 0.337 e. The van der Waals surface area contributed by atoms with Gasteiger partial charge < -0.3 is 4.90 Å². The highest BCUT2D eigenvalue weighted by molar-refractivity contribution is 6.27. The third-order valence-corrected chi connectivity index (χ3v) is 4.21. The van der Waals surface area contributed by atoms with Gasteiger partial charge in [-0.3, -0.25) is 9.69 Å². The average Bonchev–Trinajstić information content (AvgIpc) is 2.95. The van der Waals surface area contributed by atoms with Crippen LogP contribution in [0.5, 0.6) is 0 Å². The minimum absolute atomic E-state index is 0.0740. The first-order chi connectivity index (χ1) is 9.74. The number of carbonyl (C=O) groups excluding carboxylic acids is 1. The number of likely N-dealkylation sites (tertiary alicyclic amines) is 1. The summed E-state index contributed by atoms with van der Waals surface area (Å²) in [5.74, 6) is 0.173. The van der Waals surface area contributed by atoms with E-state index in [1.807, 2.05) is 11.0 Å². The van der Waals surface area contributed by atoms with Crippen LogP contribution in [-0.2, 0) is 11.3 Å². The van der Waals surface area contributed by atoms with Gasteiger partial charge in [-0.15, -0.1) is 11.6 Å². The Labute approximate surface area is 126 Å². The highest BCUT2D eigenvalue weighted by atomic mass is 35.5. The van der Waals surface area contributed by atoms with Crippen molar-refractivity contribution < 1.29 is 4.79 Å². The molecule has 3 nitrogen and oxygen atoms in total. The van der Waals surface area contributed by atoms with Crippen molar-refractivity contribution in [3.8, 4) is 0 Å². The Hall–Kier alpha value is -1.06. The second kappa shape index (κ2) is 7.65. The van der Waals surface area contributed by atoms with Gasteiger partial charge in [-0.2, -0.15) is 0 Å². The van der Waals surface area contributed by atoms with E-state index in [0.717, 1.165) is 39.0 Å². The number of hydrogen-bond acceptors (Lipinski definition) is 2. The molecule has 0 aromatic heterocycles. The summed E-state index contributed by atoms with van der Waals surface area (Å²) in [4.78, 5) is 16.2. The molecule has 1 amide bonds. The van der Waals surface area contributed by atoms with Gasteiger partial charge in [0.2, 0.25) is 5.91 Å². The van der Waals surface area contributed by atoms with Crippen LogP contribution < -0.4 is 0 Å². The lowest BCUT2D eigenvalue weighted by molar-refractivity contribution is -0.129. The van der Waals surface area contributed by atoms with Crippen LogP contribution in [0.2, 0.25) is 0 Å². The highest BCUT2D eigenvalue weighted by Crippen LogP contribution is 2.19. The van der Waals surface area contributed by atoms with Gasteiger partial charge in [0, 0.05) is 25.7 Å². The van der Waals surface area contributed by atoms with Gasteiger partial charge in [0.05, 0.1) is 0 Å². The molecule has 0 N–H and O–H groups in total. The normalized spacial score (nSPS) is 18.8. The molecule has 20 heavy (non-hydrogen) atoms. The molecule has 0 aliphatic carbocycles. The fraction of sp³-hybridized carbons (Fsp3) is 0.562. The summed E-state index contributed by atoms with van der Waals surface area (Å²) < 4.78 is 0. The molecule has 1 saturated heterocycles. The molecular formula is C16H23ClN2O. The van der Waals surface area contributed by atoms with Gasteiger partial charge in [0.15, 0.2) is 0 Å². The van der Waals surface area contributed by atoms with Gasteiger partial charge in [-0.25, -0.2) is 0 Å². The first-order valence-corrected chi connectivity index (χ1v) is 7.89. The van der Waals surface area contributed by atoms with Crippen LogP contribution in [0.15, 0.2) is 30.3 Å². The van der Waals surface area contributed by atoms with Crippen LogP contribution in [0.3, 0.4) is 0 Å². The van der Waals surface area contributed by atoms with E-state index >= 15 is 0 Å². The van der Waals surface area contributed by atoms with Crippen molar-refractivity contribution in [2.45, 2.75) is 32.4 Å². The maximum Gasteiger partial charge on any atom is 0.237 e. The van der Waals surface area contributed by atoms with Crippen molar-refractivity contribution in [2.24, 2.45) is 0 Å². The zero-order chi connectivity index (χ0) is 14.4. The molecule has 1 aromatic rings. The topological polar surface area (TPSA) is 23.6 Å². The van der Waals surface area contributed by atoms with Gasteiger partial charge in [-0.1, -0.05) is 37.3 Å². The third-order valence-electron chi connectivity index (χ3n) is 3.98. The molecule has 1 heterocycles. The Morgan fingerprint density at radius 2 is 2.15 bits per heavy atom. The lowest BCUT2D eigenvalue weighted by Crippen LogP contribution is -2.43. The number of alkyl halides is 1. The summed E-state index contributed by atoms with van der Waals surface area (Å²) in [5.41, 5.74) is 1.32. The molecule has 0 radical (unpaired) electrons. The maximum atomic E-state index is 11.8. The van der Waals surface area contributed by atoms with E-state index in [2.05, 4.69) is 36.1 Å². The second-order valence-corrected chi connectivity index (χ2v) is 5.60. The maximum absolute atomic E-state index is 11.8. The molecule has 0 bridgehead atoms. The molecule has 1 atom stereocenters. The fourth-order valence-electron chi connectivity index (χ4n) is 2.88. The lowest BCUT2D eigenvalue weighted by atomic mass is 10.1. The average molecular weight is 295 g/mol. The molecule has 1 aliphatic heterocycles. The summed E-state index contributed by atoms with van der Waals surface area (Å²) in [6.07, 6.45) is 2.18. The van der Waals surface area contributed by atoms with Gasteiger partial charge in [-0.05, 0) is 24.9 Å². The van der Waals surface area contributed by atoms with Crippen LogP contribution in [0.4, 0.5) is 0 Å². The van der Waals surface area contributed by atoms with Gasteiger partial charge >= 0.3 is 0 Å². The van der Waals surface area contributed by atoms with Gasteiger partial charge in [0.1, 0.15) is 5.88 Å². The van der Waals surface area contributed by atoms with Crippen molar-refractivity contribution >= 4 is 17.5 Å². The summed E-state index contributed by atoms with van der Waals surface area (Å²) in [6.45, 7) is 5.91. The number of benzene rings is 1. The van der Waals surface area contributed by atoms with E-state index in [9.17, 15) is 4.79 Å². The molecule has 0 saturated carbocycles. The lowest BCUT2D eigenvalue weighted by Gasteiger charge is -2.30. The highest BCUT2D eigenvalue weighted by Gasteiger charge is 2.29. The Kier molecular flexibility index (Phi) is 5.86. The van der Waals surface area contributed by atoms with E-state index < -0.39 is 0 Å². The third kappa shape index (κ3) is 3.97. The Morgan fingerprint density at radius 1 is 1.40 bits per heavy atom. The molecule has 0 unspecified atom stereocenters. The zero-order valence-corrected chi connectivity index (χ0v) is 12.9. The first kappa shape index (κ1) is 15.3. The monoisotopic (exact) mass is 294 g/mol. The summed E-state index contributed by atoms with van der Waals surface area (Å²) >= 11 is 5.69. The van der Waals surface area contributed by atoms with Crippen LogP contribution >= 0.6 is 11.6 Å².